The fourth-order valence-corrected chi connectivity index (χ4v) is 5.42. The van der Waals surface area contributed by atoms with Crippen molar-refractivity contribution in [1.29, 1.82) is 0 Å². The number of rotatable bonds is 7. The Hall–Kier alpha value is -2.68. The van der Waals surface area contributed by atoms with Gasteiger partial charge in [-0.2, -0.15) is 0 Å². The van der Waals surface area contributed by atoms with E-state index in [1.54, 1.807) is 31.5 Å². The number of anilines is 1. The zero-order valence-corrected chi connectivity index (χ0v) is 20.3. The van der Waals surface area contributed by atoms with Gasteiger partial charge in [0, 0.05) is 48.2 Å². The summed E-state index contributed by atoms with van der Waals surface area (Å²) in [7, 11) is -3.90. The number of aromatic nitrogens is 2. The second kappa shape index (κ2) is 10.1. The number of halogens is 1. The van der Waals surface area contributed by atoms with E-state index in [0.717, 1.165) is 49.3 Å². The number of hydrogen-bond acceptors (Lipinski definition) is 6. The Labute approximate surface area is 199 Å². The molecule has 0 saturated carbocycles. The lowest BCUT2D eigenvalue weighted by Crippen LogP contribution is -2.25. The molecule has 33 heavy (non-hydrogen) atoms. The van der Waals surface area contributed by atoms with Crippen LogP contribution in [0.4, 0.5) is 5.69 Å². The van der Waals surface area contributed by atoms with Crippen molar-refractivity contribution in [2.45, 2.75) is 38.2 Å². The van der Waals surface area contributed by atoms with Crippen LogP contribution < -0.4 is 9.46 Å². The molecule has 0 fully saturated rings. The normalized spacial score (nSPS) is 14.4. The zero-order valence-electron chi connectivity index (χ0n) is 18.7. The number of pyridine rings is 2. The summed E-state index contributed by atoms with van der Waals surface area (Å²) in [5.41, 5.74) is 3.65. The summed E-state index contributed by atoms with van der Waals surface area (Å²) in [6.07, 6.45) is 4.98. The number of likely N-dealkylation sites (N-methyl/N-ethyl adjacent to an activating group) is 1. The third kappa shape index (κ3) is 5.46. The van der Waals surface area contributed by atoms with Crippen molar-refractivity contribution in [3.05, 3.63) is 76.2 Å². The molecule has 3 heterocycles. The highest BCUT2D eigenvalue weighted by Crippen LogP contribution is 2.31. The van der Waals surface area contributed by atoms with E-state index in [1.165, 1.54) is 6.07 Å². The quantitative estimate of drug-likeness (QED) is 0.537. The van der Waals surface area contributed by atoms with Crippen molar-refractivity contribution in [1.82, 2.24) is 14.9 Å². The van der Waals surface area contributed by atoms with E-state index in [1.807, 2.05) is 18.2 Å². The minimum absolute atomic E-state index is 0.125. The van der Waals surface area contributed by atoms with Gasteiger partial charge in [-0.1, -0.05) is 30.7 Å². The number of ether oxygens (including phenoxy) is 1. The number of benzene rings is 1. The second-order valence-electron chi connectivity index (χ2n) is 8.00. The van der Waals surface area contributed by atoms with Crippen LogP contribution in [-0.2, 0) is 29.5 Å². The molecule has 0 bridgehead atoms. The van der Waals surface area contributed by atoms with Crippen LogP contribution in [0.5, 0.6) is 5.88 Å². The fraction of sp³-hybridized carbons (Fsp3) is 0.333. The molecule has 1 aromatic carbocycles. The van der Waals surface area contributed by atoms with E-state index in [2.05, 4.69) is 21.5 Å². The molecule has 0 unspecified atom stereocenters. The van der Waals surface area contributed by atoms with Crippen molar-refractivity contribution in [2.75, 3.05) is 24.4 Å². The first-order valence-electron chi connectivity index (χ1n) is 10.9. The summed E-state index contributed by atoms with van der Waals surface area (Å²) in [5.74, 6) is 0.255. The van der Waals surface area contributed by atoms with Crippen LogP contribution in [-0.4, -0.2) is 42.9 Å². The number of hydrogen-bond donors (Lipinski definition) is 1. The molecule has 2 aromatic heterocycles. The molecular formula is C24H27ClN4O3S. The highest BCUT2D eigenvalue weighted by atomic mass is 35.5. The van der Waals surface area contributed by atoms with Crippen molar-refractivity contribution < 1.29 is 13.2 Å². The van der Waals surface area contributed by atoms with Gasteiger partial charge in [0.1, 0.15) is 12.3 Å². The van der Waals surface area contributed by atoms with Gasteiger partial charge in [0.25, 0.3) is 10.0 Å². The summed E-state index contributed by atoms with van der Waals surface area (Å²) in [6.45, 7) is 6.83. The standard InChI is InChI=1S/C24H27ClN4O3S/c1-3-29-12-9-19-14-22(28-33(30,31)23-8-4-7-20(25)17(23)2)24(27-21(19)10-13-29)32-16-18-6-5-11-26-15-18/h4-8,11,14-15,28H,3,9-10,12-13,16H2,1-2H3. The smallest absolute Gasteiger partial charge is 0.262 e. The van der Waals surface area contributed by atoms with E-state index in [0.29, 0.717) is 16.3 Å². The number of sulfonamides is 1. The van der Waals surface area contributed by atoms with Crippen LogP contribution in [0.3, 0.4) is 0 Å². The number of fused-ring (bicyclic) bond motifs is 1. The van der Waals surface area contributed by atoms with Gasteiger partial charge < -0.3 is 9.64 Å². The Kier molecular flexibility index (Phi) is 7.17. The molecule has 1 aliphatic rings. The van der Waals surface area contributed by atoms with E-state index in [4.69, 9.17) is 21.3 Å². The summed E-state index contributed by atoms with van der Waals surface area (Å²) in [5, 5.41) is 0.394. The second-order valence-corrected chi connectivity index (χ2v) is 10.1. The largest absolute Gasteiger partial charge is 0.471 e. The first-order chi connectivity index (χ1) is 15.9. The average Bonchev–Trinajstić information content (AvgIpc) is 3.01. The van der Waals surface area contributed by atoms with E-state index < -0.39 is 10.0 Å². The lowest BCUT2D eigenvalue weighted by Gasteiger charge is -2.17. The summed E-state index contributed by atoms with van der Waals surface area (Å²) >= 11 is 6.17. The van der Waals surface area contributed by atoms with Crippen molar-refractivity contribution in [3.63, 3.8) is 0 Å². The fourth-order valence-electron chi connectivity index (χ4n) is 3.87. The average molecular weight is 487 g/mol. The van der Waals surface area contributed by atoms with E-state index >= 15 is 0 Å². The molecule has 4 rings (SSSR count). The third-order valence-electron chi connectivity index (χ3n) is 5.82. The van der Waals surface area contributed by atoms with E-state index in [-0.39, 0.29) is 17.4 Å². The molecule has 174 valence electrons. The molecule has 0 amide bonds. The maximum Gasteiger partial charge on any atom is 0.262 e. The van der Waals surface area contributed by atoms with Crippen LogP contribution in [0.25, 0.3) is 0 Å². The van der Waals surface area contributed by atoms with Gasteiger partial charge in [-0.3, -0.25) is 9.71 Å². The number of nitrogens with zero attached hydrogens (tertiary/aromatic N) is 3. The van der Waals surface area contributed by atoms with Gasteiger partial charge in [-0.15, -0.1) is 0 Å². The predicted octanol–water partition coefficient (Wildman–Crippen LogP) is 4.24. The molecule has 1 N–H and O–H groups in total. The van der Waals surface area contributed by atoms with E-state index in [9.17, 15) is 8.42 Å². The Bertz CT molecular complexity index is 1240. The van der Waals surface area contributed by atoms with Crippen molar-refractivity contribution in [2.24, 2.45) is 0 Å². The first kappa shape index (κ1) is 23.5. The van der Waals surface area contributed by atoms with Gasteiger partial charge in [0.2, 0.25) is 5.88 Å². The molecule has 0 spiro atoms. The van der Waals surface area contributed by atoms with Crippen LogP contribution in [0, 0.1) is 6.92 Å². The van der Waals surface area contributed by atoms with Gasteiger partial charge in [-0.05, 0) is 55.3 Å². The molecule has 3 aromatic rings. The first-order valence-corrected chi connectivity index (χ1v) is 12.8. The van der Waals surface area contributed by atoms with Crippen molar-refractivity contribution in [3.8, 4) is 5.88 Å². The maximum atomic E-state index is 13.3. The molecule has 0 aliphatic carbocycles. The van der Waals surface area contributed by atoms with Gasteiger partial charge in [0.05, 0.1) is 4.90 Å². The van der Waals surface area contributed by atoms with Crippen LogP contribution in [0.15, 0.2) is 53.7 Å². The van der Waals surface area contributed by atoms with Gasteiger partial charge in [0.15, 0.2) is 0 Å². The van der Waals surface area contributed by atoms with Crippen LogP contribution >= 0.6 is 11.6 Å². The lowest BCUT2D eigenvalue weighted by molar-refractivity contribution is 0.292. The van der Waals surface area contributed by atoms with Gasteiger partial charge >= 0.3 is 0 Å². The van der Waals surface area contributed by atoms with Crippen LogP contribution in [0.2, 0.25) is 5.02 Å². The minimum atomic E-state index is -3.90. The summed E-state index contributed by atoms with van der Waals surface area (Å²) < 4.78 is 35.2. The van der Waals surface area contributed by atoms with Crippen LogP contribution in [0.1, 0.15) is 29.3 Å². The molecule has 0 atom stereocenters. The molecule has 7 nitrogen and oxygen atoms in total. The van der Waals surface area contributed by atoms with Gasteiger partial charge in [-0.25, -0.2) is 13.4 Å². The number of nitrogens with one attached hydrogen (secondary N) is 1. The Balaban J connectivity index is 1.70. The maximum absolute atomic E-state index is 13.3. The molecule has 9 heteroatoms. The summed E-state index contributed by atoms with van der Waals surface area (Å²) in [6, 6.07) is 10.4. The molecular weight excluding hydrogens is 460 g/mol. The highest BCUT2D eigenvalue weighted by Gasteiger charge is 2.23. The third-order valence-corrected chi connectivity index (χ3v) is 7.74. The molecule has 0 radical (unpaired) electrons. The Morgan fingerprint density at radius 2 is 2.00 bits per heavy atom. The highest BCUT2D eigenvalue weighted by molar-refractivity contribution is 7.92. The summed E-state index contributed by atoms with van der Waals surface area (Å²) in [4.78, 5) is 11.3. The zero-order chi connectivity index (χ0) is 23.4. The SMILES string of the molecule is CCN1CCc2cc(NS(=O)(=O)c3cccc(Cl)c3C)c(OCc3cccnc3)nc2CC1. The van der Waals surface area contributed by atoms with Crippen molar-refractivity contribution >= 4 is 27.3 Å². The predicted molar refractivity (Wildman–Crippen MR) is 129 cm³/mol. The Morgan fingerprint density at radius 3 is 2.76 bits per heavy atom. The topological polar surface area (TPSA) is 84.4 Å². The monoisotopic (exact) mass is 486 g/mol. The Morgan fingerprint density at radius 1 is 1.18 bits per heavy atom. The minimum Gasteiger partial charge on any atom is -0.471 e. The molecule has 1 aliphatic heterocycles. The lowest BCUT2D eigenvalue weighted by atomic mass is 10.1. The molecule has 0 saturated heterocycles.